The molecular formula is C27H32FN3O5S. The van der Waals surface area contributed by atoms with Gasteiger partial charge in [0.15, 0.2) is 0 Å². The number of benzene rings is 2. The second-order valence-electron chi connectivity index (χ2n) is 9.54. The average molecular weight is 530 g/mol. The largest absolute Gasteiger partial charge is 0.352 e. The number of carbonyl (C=O) groups excluding carboxylic acids is 3. The van der Waals surface area contributed by atoms with Crippen LogP contribution in [-0.4, -0.2) is 54.0 Å². The van der Waals surface area contributed by atoms with Crippen LogP contribution in [0.4, 0.5) is 4.39 Å². The van der Waals surface area contributed by atoms with E-state index in [0.717, 1.165) is 32.1 Å². The summed E-state index contributed by atoms with van der Waals surface area (Å²) in [5.74, 6) is -1.81. The summed E-state index contributed by atoms with van der Waals surface area (Å²) < 4.78 is 40.0. The minimum atomic E-state index is -4.05. The minimum absolute atomic E-state index is 0.0522. The van der Waals surface area contributed by atoms with Crippen molar-refractivity contribution >= 4 is 27.7 Å². The molecule has 10 heteroatoms. The Morgan fingerprint density at radius 2 is 1.76 bits per heavy atom. The van der Waals surface area contributed by atoms with E-state index in [1.54, 1.807) is 31.2 Å². The third-order valence-corrected chi connectivity index (χ3v) is 8.88. The van der Waals surface area contributed by atoms with Crippen molar-refractivity contribution in [2.45, 2.75) is 75.4 Å². The van der Waals surface area contributed by atoms with Gasteiger partial charge in [0.05, 0.1) is 5.56 Å². The van der Waals surface area contributed by atoms with Crippen molar-refractivity contribution in [2.24, 2.45) is 0 Å². The number of sulfonamides is 1. The van der Waals surface area contributed by atoms with E-state index in [9.17, 15) is 27.2 Å². The number of carbonyl (C=O) groups is 3. The van der Waals surface area contributed by atoms with Gasteiger partial charge in [-0.2, -0.15) is 0 Å². The van der Waals surface area contributed by atoms with Crippen LogP contribution in [0.3, 0.4) is 0 Å². The standard InChI is InChI=1S/C27H32FN3O5S/c1-2-23(26(33)29-21-8-4-3-5-9-21)30(18-19-12-14-20(28)15-13-19)25(32)16-17-31-27(34)22-10-6-7-11-24(22)37(31,35)36/h6-7,10-15,21,23H,2-5,8-9,16-18H2,1H3,(H,29,33)/t23-/m1/s1. The van der Waals surface area contributed by atoms with Crippen molar-refractivity contribution in [3.63, 3.8) is 0 Å². The minimum Gasteiger partial charge on any atom is -0.352 e. The Bertz CT molecular complexity index is 1260. The Hall–Kier alpha value is -3.27. The van der Waals surface area contributed by atoms with E-state index < -0.39 is 33.7 Å². The first-order chi connectivity index (χ1) is 17.7. The molecular weight excluding hydrogens is 497 g/mol. The molecule has 0 saturated heterocycles. The van der Waals surface area contributed by atoms with Crippen molar-refractivity contribution in [3.8, 4) is 0 Å². The molecule has 0 bridgehead atoms. The normalized spacial score (nSPS) is 17.8. The lowest BCUT2D eigenvalue weighted by Gasteiger charge is -2.33. The summed E-state index contributed by atoms with van der Waals surface area (Å²) in [5, 5.41) is 3.08. The fourth-order valence-corrected chi connectivity index (χ4v) is 6.61. The Morgan fingerprint density at radius 3 is 2.41 bits per heavy atom. The number of nitrogens with one attached hydrogen (secondary N) is 1. The maximum atomic E-state index is 13.5. The first-order valence-electron chi connectivity index (χ1n) is 12.7. The van der Waals surface area contributed by atoms with E-state index in [1.807, 2.05) is 0 Å². The molecule has 1 aliphatic heterocycles. The molecule has 198 valence electrons. The first-order valence-corrected chi connectivity index (χ1v) is 14.2. The second-order valence-corrected chi connectivity index (χ2v) is 11.4. The van der Waals surface area contributed by atoms with Crippen LogP contribution in [0.2, 0.25) is 0 Å². The molecule has 0 radical (unpaired) electrons. The van der Waals surface area contributed by atoms with E-state index in [2.05, 4.69) is 5.32 Å². The zero-order chi connectivity index (χ0) is 26.6. The van der Waals surface area contributed by atoms with Crippen LogP contribution < -0.4 is 5.32 Å². The van der Waals surface area contributed by atoms with Gasteiger partial charge in [-0.1, -0.05) is 50.5 Å². The molecule has 1 saturated carbocycles. The maximum Gasteiger partial charge on any atom is 0.269 e. The van der Waals surface area contributed by atoms with Crippen molar-refractivity contribution in [2.75, 3.05) is 6.54 Å². The average Bonchev–Trinajstić information content (AvgIpc) is 3.09. The number of hydrogen-bond donors (Lipinski definition) is 1. The van der Waals surface area contributed by atoms with E-state index in [-0.39, 0.29) is 41.9 Å². The fourth-order valence-electron chi connectivity index (χ4n) is 5.04. The predicted octanol–water partition coefficient (Wildman–Crippen LogP) is 3.62. The lowest BCUT2D eigenvalue weighted by atomic mass is 9.95. The molecule has 0 unspecified atom stereocenters. The van der Waals surface area contributed by atoms with Crippen molar-refractivity contribution in [1.29, 1.82) is 0 Å². The molecule has 2 aliphatic rings. The van der Waals surface area contributed by atoms with Crippen LogP contribution in [0.15, 0.2) is 53.4 Å². The van der Waals surface area contributed by atoms with Gasteiger partial charge in [0, 0.05) is 25.6 Å². The van der Waals surface area contributed by atoms with E-state index in [4.69, 9.17) is 0 Å². The third-order valence-electron chi connectivity index (χ3n) is 7.04. The second kappa shape index (κ2) is 11.4. The number of halogens is 1. The molecule has 1 N–H and O–H groups in total. The molecule has 1 fully saturated rings. The maximum absolute atomic E-state index is 13.5. The lowest BCUT2D eigenvalue weighted by Crippen LogP contribution is -2.52. The van der Waals surface area contributed by atoms with Crippen LogP contribution in [0.5, 0.6) is 0 Å². The smallest absolute Gasteiger partial charge is 0.269 e. The van der Waals surface area contributed by atoms with Crippen LogP contribution in [0.1, 0.15) is 67.8 Å². The molecule has 1 heterocycles. The third kappa shape index (κ3) is 5.84. The molecule has 0 aromatic heterocycles. The molecule has 1 atom stereocenters. The van der Waals surface area contributed by atoms with E-state index >= 15 is 0 Å². The van der Waals surface area contributed by atoms with Crippen molar-refractivity contribution in [3.05, 3.63) is 65.5 Å². The van der Waals surface area contributed by atoms with Gasteiger partial charge >= 0.3 is 0 Å². The predicted molar refractivity (Wildman–Crippen MR) is 135 cm³/mol. The monoisotopic (exact) mass is 529 g/mol. The summed E-state index contributed by atoms with van der Waals surface area (Å²) >= 11 is 0. The van der Waals surface area contributed by atoms with Crippen LogP contribution in [0, 0.1) is 5.82 Å². The van der Waals surface area contributed by atoms with Gasteiger partial charge in [0.25, 0.3) is 15.9 Å². The molecule has 8 nitrogen and oxygen atoms in total. The molecule has 4 rings (SSSR count). The molecule has 3 amide bonds. The molecule has 2 aromatic rings. The molecule has 37 heavy (non-hydrogen) atoms. The summed E-state index contributed by atoms with van der Waals surface area (Å²) in [5.41, 5.74) is 0.715. The quantitative estimate of drug-likeness (QED) is 0.535. The molecule has 0 spiro atoms. The Labute approximate surface area is 216 Å². The Balaban J connectivity index is 1.52. The highest BCUT2D eigenvalue weighted by atomic mass is 32.2. The van der Waals surface area contributed by atoms with Gasteiger partial charge < -0.3 is 10.2 Å². The summed E-state index contributed by atoms with van der Waals surface area (Å²) in [6.07, 6.45) is 5.07. The fraction of sp³-hybridized carbons (Fsp3) is 0.444. The SMILES string of the molecule is CC[C@H](C(=O)NC1CCCCC1)N(Cc1ccc(F)cc1)C(=O)CCN1C(=O)c2ccccc2S1(=O)=O. The topological polar surface area (TPSA) is 104 Å². The van der Waals surface area contributed by atoms with Crippen LogP contribution >= 0.6 is 0 Å². The lowest BCUT2D eigenvalue weighted by molar-refractivity contribution is -0.141. The van der Waals surface area contributed by atoms with Crippen LogP contribution in [-0.2, 0) is 26.2 Å². The molecule has 1 aliphatic carbocycles. The van der Waals surface area contributed by atoms with Crippen LogP contribution in [0.25, 0.3) is 0 Å². The number of fused-ring (bicyclic) bond motifs is 1. The summed E-state index contributed by atoms with van der Waals surface area (Å²) in [4.78, 5) is 40.9. The Kier molecular flexibility index (Phi) is 8.26. The van der Waals surface area contributed by atoms with Crippen molar-refractivity contribution in [1.82, 2.24) is 14.5 Å². The summed E-state index contributed by atoms with van der Waals surface area (Å²) in [6.45, 7) is 1.52. The van der Waals surface area contributed by atoms with Gasteiger partial charge in [0.1, 0.15) is 16.8 Å². The molecule has 2 aromatic carbocycles. The van der Waals surface area contributed by atoms with Gasteiger partial charge in [-0.3, -0.25) is 14.4 Å². The number of hydrogen-bond acceptors (Lipinski definition) is 5. The summed E-state index contributed by atoms with van der Waals surface area (Å²) in [7, 11) is -4.05. The van der Waals surface area contributed by atoms with Gasteiger partial charge in [-0.05, 0) is 49.1 Å². The van der Waals surface area contributed by atoms with Gasteiger partial charge in [0.2, 0.25) is 11.8 Å². The zero-order valence-corrected chi connectivity index (χ0v) is 21.7. The van der Waals surface area contributed by atoms with E-state index in [0.29, 0.717) is 16.3 Å². The van der Waals surface area contributed by atoms with Gasteiger partial charge in [-0.15, -0.1) is 0 Å². The first kappa shape index (κ1) is 26.8. The van der Waals surface area contributed by atoms with Gasteiger partial charge in [-0.25, -0.2) is 17.1 Å². The zero-order valence-electron chi connectivity index (χ0n) is 20.9. The highest BCUT2D eigenvalue weighted by Crippen LogP contribution is 2.30. The van der Waals surface area contributed by atoms with E-state index in [1.165, 1.54) is 29.2 Å². The van der Waals surface area contributed by atoms with Crippen molar-refractivity contribution < 1.29 is 27.2 Å². The number of nitrogens with zero attached hydrogens (tertiary/aromatic N) is 2. The highest BCUT2D eigenvalue weighted by molar-refractivity contribution is 7.90. The number of rotatable bonds is 9. The summed E-state index contributed by atoms with van der Waals surface area (Å²) in [6, 6.07) is 10.9. The highest BCUT2D eigenvalue weighted by Gasteiger charge is 2.41. The Morgan fingerprint density at radius 1 is 1.08 bits per heavy atom. The number of amides is 3.